The van der Waals surface area contributed by atoms with Gasteiger partial charge in [0.25, 0.3) is 0 Å². The zero-order valence-corrected chi connectivity index (χ0v) is 12.1. The Morgan fingerprint density at radius 3 is 1.00 bits per heavy atom. The smallest absolute Gasteiger partial charge is 0.241 e. The number of nitrogen functional groups attached to an aromatic ring is 2. The summed E-state index contributed by atoms with van der Waals surface area (Å²) in [4.78, 5) is 0. The van der Waals surface area contributed by atoms with Gasteiger partial charge in [-0.25, -0.2) is 16.8 Å². The Balaban J connectivity index is 0.000000286. The molecular formula is C12H14N2O4S2. The van der Waals surface area contributed by atoms with Crippen molar-refractivity contribution in [3.63, 3.8) is 0 Å². The van der Waals surface area contributed by atoms with Crippen LogP contribution in [0.1, 0.15) is 0 Å². The third-order valence-electron chi connectivity index (χ3n) is 2.29. The third kappa shape index (κ3) is 5.29. The van der Waals surface area contributed by atoms with E-state index in [1.54, 1.807) is 0 Å². The molecule has 0 aliphatic carbocycles. The maximum atomic E-state index is 9.14. The highest BCUT2D eigenvalue weighted by molar-refractivity contribution is 8.50. The van der Waals surface area contributed by atoms with Gasteiger partial charge in [-0.1, -0.05) is 24.3 Å². The molecule has 0 aromatic heterocycles. The number of hydrogen-bond donors (Lipinski definition) is 4. The zero-order valence-electron chi connectivity index (χ0n) is 10.3. The molecule has 0 atom stereocenters. The Labute approximate surface area is 119 Å². The Bertz CT molecular complexity index is 626. The number of nitrogens with two attached hydrogens (primary N) is 2. The van der Waals surface area contributed by atoms with Crippen LogP contribution >= 0.6 is 0 Å². The molecular weight excluding hydrogens is 300 g/mol. The molecule has 0 aliphatic heterocycles. The van der Waals surface area contributed by atoms with Crippen molar-refractivity contribution in [3.05, 3.63) is 48.5 Å². The number of hydrogen-bond acceptors (Lipinski definition) is 6. The molecule has 6 nitrogen and oxygen atoms in total. The highest BCUT2D eigenvalue weighted by Crippen LogP contribution is 2.21. The van der Waals surface area contributed by atoms with Gasteiger partial charge >= 0.3 is 0 Å². The van der Waals surface area contributed by atoms with Gasteiger partial charge < -0.3 is 11.5 Å². The largest absolute Gasteiger partial charge is 0.399 e. The minimum absolute atomic E-state index is 0.782. The van der Waals surface area contributed by atoms with Crippen LogP contribution in [0.2, 0.25) is 0 Å². The predicted octanol–water partition coefficient (Wildman–Crippen LogP) is 0.642. The van der Waals surface area contributed by atoms with Crippen LogP contribution in [0.25, 0.3) is 11.1 Å². The first-order valence-electron chi connectivity index (χ1n) is 5.40. The van der Waals surface area contributed by atoms with E-state index >= 15 is 0 Å². The second-order valence-electron chi connectivity index (χ2n) is 3.72. The first-order chi connectivity index (χ1) is 9.40. The molecule has 0 spiro atoms. The molecule has 4 N–H and O–H groups in total. The lowest BCUT2D eigenvalue weighted by atomic mass is 10.1. The van der Waals surface area contributed by atoms with Crippen molar-refractivity contribution in [1.29, 1.82) is 0 Å². The minimum Gasteiger partial charge on any atom is -0.399 e. The molecule has 108 valence electrons. The number of rotatable bonds is 2. The second-order valence-corrected chi connectivity index (χ2v) is 6.63. The van der Waals surface area contributed by atoms with E-state index < -0.39 is 19.5 Å². The van der Waals surface area contributed by atoms with Crippen molar-refractivity contribution in [2.24, 2.45) is 0 Å². The monoisotopic (exact) mass is 314 g/mol. The van der Waals surface area contributed by atoms with E-state index in [9.17, 15) is 0 Å². The van der Waals surface area contributed by atoms with Crippen molar-refractivity contribution in [2.45, 2.75) is 0 Å². The fraction of sp³-hybridized carbons (Fsp3) is 0. The lowest BCUT2D eigenvalue weighted by molar-refractivity contribution is 0.603. The van der Waals surface area contributed by atoms with Crippen LogP contribution in [0.4, 0.5) is 11.4 Å². The molecule has 0 amide bonds. The molecule has 0 bridgehead atoms. The van der Waals surface area contributed by atoms with Gasteiger partial charge in [-0.2, -0.15) is 0 Å². The lowest BCUT2D eigenvalue weighted by Gasteiger charge is -2.02. The standard InChI is InChI=1S/C12H12N2.H2O4S2/c13-11-5-1-9(2-6-11)10-3-7-12(14)8-4-10;1-5(2)6(3)4/h1-8H,13-14H2;5-6H. The summed E-state index contributed by atoms with van der Waals surface area (Å²) in [6.07, 6.45) is 0. The lowest BCUT2D eigenvalue weighted by Crippen LogP contribution is -1.85. The Morgan fingerprint density at radius 2 is 0.800 bits per heavy atom. The van der Waals surface area contributed by atoms with E-state index in [0.717, 1.165) is 22.5 Å². The Hall–Kier alpha value is -2.06. The third-order valence-corrected chi connectivity index (χ3v) is 3.35. The minimum atomic E-state index is -3.21. The zero-order chi connectivity index (χ0) is 15.1. The molecule has 8 heteroatoms. The van der Waals surface area contributed by atoms with Crippen LogP contribution in [0.5, 0.6) is 0 Å². The Kier molecular flexibility index (Phi) is 6.01. The molecule has 0 fully saturated rings. The topological polar surface area (TPSA) is 120 Å². The molecule has 0 heterocycles. The van der Waals surface area contributed by atoms with Gasteiger partial charge in [-0.3, -0.25) is 0 Å². The fourth-order valence-electron chi connectivity index (χ4n) is 1.35. The van der Waals surface area contributed by atoms with Gasteiger partial charge in [-0.15, -0.1) is 0 Å². The van der Waals surface area contributed by atoms with E-state index in [0.29, 0.717) is 0 Å². The van der Waals surface area contributed by atoms with Gasteiger partial charge in [0.15, 0.2) is 0 Å². The summed E-state index contributed by atoms with van der Waals surface area (Å²) in [5, 5.41) is 0. The van der Waals surface area contributed by atoms with Crippen LogP contribution in [-0.2, 0) is 19.5 Å². The summed E-state index contributed by atoms with van der Waals surface area (Å²) in [7, 11) is -6.41. The summed E-state index contributed by atoms with van der Waals surface area (Å²) in [6.45, 7) is 0. The maximum absolute atomic E-state index is 9.14. The normalized spacial score (nSPS) is 10.1. The molecule has 0 radical (unpaired) electrons. The number of benzene rings is 2. The SMILES string of the molecule is Nc1ccc(-c2ccc(N)cc2)cc1.O=[SH](=O)[SH](=O)=O. The highest BCUT2D eigenvalue weighted by Gasteiger charge is 1.95. The predicted molar refractivity (Wildman–Crippen MR) is 81.3 cm³/mol. The average Bonchev–Trinajstić information content (AvgIpc) is 2.41. The molecule has 0 saturated carbocycles. The molecule has 0 saturated heterocycles. The van der Waals surface area contributed by atoms with Crippen molar-refractivity contribution < 1.29 is 16.8 Å². The van der Waals surface area contributed by atoms with Gasteiger partial charge in [-0.05, 0) is 35.4 Å². The van der Waals surface area contributed by atoms with Crippen LogP contribution in [0.15, 0.2) is 48.5 Å². The molecule has 0 unspecified atom stereocenters. The van der Waals surface area contributed by atoms with Gasteiger partial charge in [0.05, 0.1) is 0 Å². The average molecular weight is 314 g/mol. The first-order valence-corrected chi connectivity index (χ1v) is 8.46. The van der Waals surface area contributed by atoms with Gasteiger partial charge in [0.2, 0.25) is 19.5 Å². The number of anilines is 2. The highest BCUT2D eigenvalue weighted by atomic mass is 33.1. The van der Waals surface area contributed by atoms with Crippen LogP contribution in [-0.4, -0.2) is 16.8 Å². The summed E-state index contributed by atoms with van der Waals surface area (Å²) in [5.74, 6) is 0. The van der Waals surface area contributed by atoms with Crippen LogP contribution in [0, 0.1) is 0 Å². The number of thiol groups is 2. The van der Waals surface area contributed by atoms with Crippen LogP contribution in [0.3, 0.4) is 0 Å². The summed E-state index contributed by atoms with van der Waals surface area (Å²) < 4.78 is 36.6. The van der Waals surface area contributed by atoms with Gasteiger partial charge in [0.1, 0.15) is 0 Å². The van der Waals surface area contributed by atoms with E-state index in [1.165, 1.54) is 0 Å². The molecule has 0 aliphatic rings. The first kappa shape index (κ1) is 16.0. The van der Waals surface area contributed by atoms with Gasteiger partial charge in [0, 0.05) is 11.4 Å². The van der Waals surface area contributed by atoms with Crippen LogP contribution < -0.4 is 11.5 Å². The van der Waals surface area contributed by atoms with E-state index in [2.05, 4.69) is 0 Å². The van der Waals surface area contributed by atoms with E-state index in [-0.39, 0.29) is 0 Å². The molecule has 2 aromatic rings. The fourth-order valence-corrected chi connectivity index (χ4v) is 1.35. The maximum Gasteiger partial charge on any atom is 0.241 e. The van der Waals surface area contributed by atoms with Crippen molar-refractivity contribution >= 4 is 30.8 Å². The summed E-state index contributed by atoms with van der Waals surface area (Å²) in [6, 6.07) is 15.6. The molecule has 20 heavy (non-hydrogen) atoms. The van der Waals surface area contributed by atoms with E-state index in [1.807, 2.05) is 48.5 Å². The van der Waals surface area contributed by atoms with Crippen molar-refractivity contribution in [3.8, 4) is 11.1 Å². The molecule has 2 rings (SSSR count). The van der Waals surface area contributed by atoms with E-state index in [4.69, 9.17) is 28.3 Å². The molecule has 2 aromatic carbocycles. The Morgan fingerprint density at radius 1 is 0.550 bits per heavy atom. The second kappa shape index (κ2) is 7.51. The summed E-state index contributed by atoms with van der Waals surface area (Å²) in [5.41, 5.74) is 15.1. The van der Waals surface area contributed by atoms with Crippen molar-refractivity contribution in [1.82, 2.24) is 0 Å². The van der Waals surface area contributed by atoms with Crippen molar-refractivity contribution in [2.75, 3.05) is 11.5 Å². The quantitative estimate of drug-likeness (QED) is 0.367. The summed E-state index contributed by atoms with van der Waals surface area (Å²) >= 11 is 0.